The van der Waals surface area contributed by atoms with Crippen molar-refractivity contribution in [1.82, 2.24) is 4.98 Å². The highest BCUT2D eigenvalue weighted by Crippen LogP contribution is 2.26. The summed E-state index contributed by atoms with van der Waals surface area (Å²) in [6, 6.07) is 6.58. The molecule has 0 atom stereocenters. The molecule has 2 rings (SSSR count). The van der Waals surface area contributed by atoms with Gasteiger partial charge in [0.2, 0.25) is 0 Å². The Morgan fingerprint density at radius 3 is 3.00 bits per heavy atom. The molecule has 0 unspecified atom stereocenters. The van der Waals surface area contributed by atoms with Crippen LogP contribution in [0.3, 0.4) is 0 Å². The van der Waals surface area contributed by atoms with Gasteiger partial charge in [0.25, 0.3) is 0 Å². The van der Waals surface area contributed by atoms with Crippen LogP contribution in [0.2, 0.25) is 0 Å². The van der Waals surface area contributed by atoms with Crippen LogP contribution in [0.4, 0.5) is 5.13 Å². The van der Waals surface area contributed by atoms with Gasteiger partial charge in [-0.15, -0.1) is 0 Å². The van der Waals surface area contributed by atoms with Crippen LogP contribution in [-0.4, -0.2) is 12.0 Å². The van der Waals surface area contributed by atoms with Crippen molar-refractivity contribution in [1.29, 1.82) is 0 Å². The van der Waals surface area contributed by atoms with E-state index < -0.39 is 0 Å². The third-order valence-corrected chi connectivity index (χ3v) is 3.52. The Kier molecular flexibility index (Phi) is 3.21. The number of aromatic nitrogens is 1. The Bertz CT molecular complexity index is 448. The molecule has 3 heteroatoms. The van der Waals surface area contributed by atoms with E-state index in [1.165, 1.54) is 29.5 Å². The van der Waals surface area contributed by atoms with Gasteiger partial charge >= 0.3 is 0 Å². The zero-order chi connectivity index (χ0) is 10.7. The minimum absolute atomic E-state index is 0.998. The van der Waals surface area contributed by atoms with Crippen LogP contribution in [0, 0.1) is 0 Å². The van der Waals surface area contributed by atoms with Gasteiger partial charge in [-0.3, -0.25) is 0 Å². The van der Waals surface area contributed by atoms with E-state index in [9.17, 15) is 0 Å². The van der Waals surface area contributed by atoms with Crippen LogP contribution in [0.1, 0.15) is 25.3 Å². The highest BCUT2D eigenvalue weighted by molar-refractivity contribution is 7.22. The number of fused-ring (bicyclic) bond motifs is 1. The molecule has 0 aliphatic rings. The molecular weight excluding hydrogens is 204 g/mol. The van der Waals surface area contributed by atoms with Gasteiger partial charge in [-0.1, -0.05) is 30.7 Å². The van der Waals surface area contributed by atoms with Gasteiger partial charge in [-0.05, 0) is 30.5 Å². The Labute approximate surface area is 94.3 Å². The monoisotopic (exact) mass is 220 g/mol. The van der Waals surface area contributed by atoms with Crippen molar-refractivity contribution in [2.75, 3.05) is 12.4 Å². The summed E-state index contributed by atoms with van der Waals surface area (Å²) in [5.74, 6) is 0. The lowest BCUT2D eigenvalue weighted by molar-refractivity contribution is 0.796. The molecule has 1 aromatic carbocycles. The molecule has 0 saturated carbocycles. The predicted octanol–water partition coefficient (Wildman–Crippen LogP) is 3.68. The molecule has 1 heterocycles. The average molecular weight is 220 g/mol. The Hall–Kier alpha value is -1.09. The number of rotatable bonds is 4. The van der Waals surface area contributed by atoms with Crippen molar-refractivity contribution in [2.24, 2.45) is 0 Å². The number of nitrogens with zero attached hydrogens (tertiary/aromatic N) is 1. The smallest absolute Gasteiger partial charge is 0.183 e. The van der Waals surface area contributed by atoms with Crippen molar-refractivity contribution in [3.8, 4) is 0 Å². The number of anilines is 1. The minimum Gasteiger partial charge on any atom is -0.365 e. The zero-order valence-electron chi connectivity index (χ0n) is 9.21. The molecule has 0 aliphatic heterocycles. The lowest BCUT2D eigenvalue weighted by Crippen LogP contribution is -1.84. The van der Waals surface area contributed by atoms with Crippen molar-refractivity contribution in [3.63, 3.8) is 0 Å². The van der Waals surface area contributed by atoms with Gasteiger partial charge in [0.15, 0.2) is 5.13 Å². The maximum absolute atomic E-state index is 4.46. The Balaban J connectivity index is 2.29. The lowest BCUT2D eigenvalue weighted by Gasteiger charge is -1.98. The third kappa shape index (κ3) is 2.29. The van der Waals surface area contributed by atoms with Gasteiger partial charge in [0.05, 0.1) is 10.2 Å². The van der Waals surface area contributed by atoms with Crippen LogP contribution in [-0.2, 0) is 6.42 Å². The fourth-order valence-corrected chi connectivity index (χ4v) is 2.50. The van der Waals surface area contributed by atoms with E-state index in [0.29, 0.717) is 0 Å². The molecule has 0 bridgehead atoms. The van der Waals surface area contributed by atoms with E-state index in [1.807, 2.05) is 7.05 Å². The quantitative estimate of drug-likeness (QED) is 0.850. The fraction of sp³-hybridized carbons (Fsp3) is 0.417. The van der Waals surface area contributed by atoms with Crippen LogP contribution in [0.25, 0.3) is 10.2 Å². The molecule has 2 nitrogen and oxygen atoms in total. The van der Waals surface area contributed by atoms with Crippen molar-refractivity contribution in [3.05, 3.63) is 23.8 Å². The first-order chi connectivity index (χ1) is 7.33. The molecule has 0 radical (unpaired) electrons. The summed E-state index contributed by atoms with van der Waals surface area (Å²) in [6.45, 7) is 2.23. The summed E-state index contributed by atoms with van der Waals surface area (Å²) in [7, 11) is 1.91. The number of benzene rings is 1. The number of nitrogens with one attached hydrogen (secondary N) is 1. The average Bonchev–Trinajstić information content (AvgIpc) is 2.68. The molecule has 0 saturated heterocycles. The number of hydrogen-bond donors (Lipinski definition) is 1. The highest BCUT2D eigenvalue weighted by atomic mass is 32.1. The highest BCUT2D eigenvalue weighted by Gasteiger charge is 2.02. The number of unbranched alkanes of at least 4 members (excludes halogenated alkanes) is 1. The first-order valence-electron chi connectivity index (χ1n) is 5.40. The molecule has 15 heavy (non-hydrogen) atoms. The third-order valence-electron chi connectivity index (χ3n) is 2.49. The maximum atomic E-state index is 4.46. The molecule has 80 valence electrons. The van der Waals surface area contributed by atoms with E-state index in [-0.39, 0.29) is 0 Å². The van der Waals surface area contributed by atoms with E-state index in [1.54, 1.807) is 11.3 Å². The molecular formula is C12H16N2S. The number of hydrogen-bond acceptors (Lipinski definition) is 3. The van der Waals surface area contributed by atoms with Gasteiger partial charge in [-0.2, -0.15) is 0 Å². The van der Waals surface area contributed by atoms with Crippen LogP contribution in [0.5, 0.6) is 0 Å². The molecule has 2 aromatic rings. The molecule has 0 spiro atoms. The largest absolute Gasteiger partial charge is 0.365 e. The summed E-state index contributed by atoms with van der Waals surface area (Å²) in [4.78, 5) is 4.46. The summed E-state index contributed by atoms with van der Waals surface area (Å²) < 4.78 is 1.29. The van der Waals surface area contributed by atoms with E-state index in [2.05, 4.69) is 35.4 Å². The predicted molar refractivity (Wildman–Crippen MR) is 67.8 cm³/mol. The van der Waals surface area contributed by atoms with Crippen LogP contribution in [0.15, 0.2) is 18.2 Å². The van der Waals surface area contributed by atoms with E-state index in [0.717, 1.165) is 10.6 Å². The molecule has 0 fully saturated rings. The second kappa shape index (κ2) is 4.62. The summed E-state index contributed by atoms with van der Waals surface area (Å²) in [5, 5.41) is 4.08. The Morgan fingerprint density at radius 2 is 2.27 bits per heavy atom. The first kappa shape index (κ1) is 10.4. The van der Waals surface area contributed by atoms with Crippen molar-refractivity contribution < 1.29 is 0 Å². The lowest BCUT2D eigenvalue weighted by atomic mass is 10.1. The minimum atomic E-state index is 0.998. The van der Waals surface area contributed by atoms with Gasteiger partial charge < -0.3 is 5.32 Å². The van der Waals surface area contributed by atoms with Crippen LogP contribution < -0.4 is 5.32 Å². The summed E-state index contributed by atoms with van der Waals surface area (Å²) >= 11 is 1.72. The SMILES string of the molecule is CCCCc1ccc2nc(NC)sc2c1. The zero-order valence-corrected chi connectivity index (χ0v) is 10.0. The van der Waals surface area contributed by atoms with Crippen molar-refractivity contribution in [2.45, 2.75) is 26.2 Å². The fourth-order valence-electron chi connectivity index (χ4n) is 1.61. The Morgan fingerprint density at radius 1 is 1.40 bits per heavy atom. The summed E-state index contributed by atoms with van der Waals surface area (Å²) in [5.41, 5.74) is 2.53. The standard InChI is InChI=1S/C12H16N2S/c1-3-4-5-9-6-7-10-11(8-9)15-12(13-2)14-10/h6-8H,3-5H2,1-2H3,(H,13,14). The molecule has 1 aromatic heterocycles. The second-order valence-corrected chi connectivity index (χ2v) is 4.71. The van der Waals surface area contributed by atoms with Gasteiger partial charge in [0, 0.05) is 7.05 Å². The summed E-state index contributed by atoms with van der Waals surface area (Å²) in [6.07, 6.45) is 3.70. The molecule has 0 aliphatic carbocycles. The van der Waals surface area contributed by atoms with Crippen molar-refractivity contribution >= 4 is 26.7 Å². The number of aryl methyl sites for hydroxylation is 1. The maximum Gasteiger partial charge on any atom is 0.183 e. The topological polar surface area (TPSA) is 24.9 Å². The number of thiazole rings is 1. The second-order valence-electron chi connectivity index (χ2n) is 3.67. The van der Waals surface area contributed by atoms with Crippen LogP contribution >= 0.6 is 11.3 Å². The molecule has 0 amide bonds. The first-order valence-corrected chi connectivity index (χ1v) is 6.22. The van der Waals surface area contributed by atoms with Gasteiger partial charge in [0.1, 0.15) is 0 Å². The normalized spacial score (nSPS) is 10.8. The van der Waals surface area contributed by atoms with Gasteiger partial charge in [-0.25, -0.2) is 4.98 Å². The molecule has 1 N–H and O–H groups in total. The van der Waals surface area contributed by atoms with E-state index >= 15 is 0 Å². The van der Waals surface area contributed by atoms with E-state index in [4.69, 9.17) is 0 Å².